The SMILES string of the molecule is Cc1ncsc1-c1nnc(CNC(=O)c2ccsc2)o1. The third kappa shape index (κ3) is 2.61. The molecular weight excluding hydrogens is 296 g/mol. The summed E-state index contributed by atoms with van der Waals surface area (Å²) in [5.41, 5.74) is 3.22. The van der Waals surface area contributed by atoms with Crippen LogP contribution in [0, 0.1) is 6.92 Å². The smallest absolute Gasteiger partial charge is 0.259 e. The third-order valence-electron chi connectivity index (χ3n) is 2.59. The number of nitrogens with zero attached hydrogens (tertiary/aromatic N) is 3. The lowest BCUT2D eigenvalue weighted by Gasteiger charge is -1.99. The monoisotopic (exact) mass is 306 g/mol. The zero-order valence-corrected chi connectivity index (χ0v) is 12.1. The summed E-state index contributed by atoms with van der Waals surface area (Å²) in [7, 11) is 0. The molecule has 102 valence electrons. The van der Waals surface area contributed by atoms with Crippen LogP contribution in [0.4, 0.5) is 0 Å². The molecule has 1 amide bonds. The highest BCUT2D eigenvalue weighted by molar-refractivity contribution is 7.13. The van der Waals surface area contributed by atoms with E-state index in [1.807, 2.05) is 12.3 Å². The molecule has 0 saturated carbocycles. The standard InChI is InChI=1S/C12H10N4O2S2/c1-7-10(20-6-14-7)12-16-15-9(18-12)4-13-11(17)8-2-3-19-5-8/h2-3,5-6H,4H2,1H3,(H,13,17). The van der Waals surface area contributed by atoms with Crippen LogP contribution in [0.3, 0.4) is 0 Å². The van der Waals surface area contributed by atoms with Gasteiger partial charge in [-0.3, -0.25) is 4.79 Å². The van der Waals surface area contributed by atoms with Gasteiger partial charge in [-0.2, -0.15) is 11.3 Å². The molecule has 0 aromatic carbocycles. The van der Waals surface area contributed by atoms with Gasteiger partial charge in [0.2, 0.25) is 5.89 Å². The van der Waals surface area contributed by atoms with Crippen molar-refractivity contribution < 1.29 is 9.21 Å². The van der Waals surface area contributed by atoms with E-state index < -0.39 is 0 Å². The second-order valence-electron chi connectivity index (χ2n) is 3.96. The summed E-state index contributed by atoms with van der Waals surface area (Å²) in [6.45, 7) is 2.09. The molecule has 6 nitrogen and oxygen atoms in total. The number of rotatable bonds is 4. The maximum atomic E-state index is 11.8. The van der Waals surface area contributed by atoms with Gasteiger partial charge in [0.05, 0.1) is 17.7 Å². The topological polar surface area (TPSA) is 80.9 Å². The highest BCUT2D eigenvalue weighted by Crippen LogP contribution is 2.25. The average Bonchev–Trinajstić information content (AvgIpc) is 3.17. The Bertz CT molecular complexity index is 717. The van der Waals surface area contributed by atoms with E-state index in [4.69, 9.17) is 4.42 Å². The van der Waals surface area contributed by atoms with Gasteiger partial charge in [0.15, 0.2) is 0 Å². The van der Waals surface area contributed by atoms with Crippen molar-refractivity contribution in [3.63, 3.8) is 0 Å². The van der Waals surface area contributed by atoms with Crippen molar-refractivity contribution >= 4 is 28.6 Å². The maximum absolute atomic E-state index is 11.8. The van der Waals surface area contributed by atoms with E-state index in [1.54, 1.807) is 17.0 Å². The van der Waals surface area contributed by atoms with E-state index in [1.165, 1.54) is 22.7 Å². The molecule has 3 aromatic heterocycles. The molecule has 0 spiro atoms. The van der Waals surface area contributed by atoms with Gasteiger partial charge in [-0.25, -0.2) is 4.98 Å². The van der Waals surface area contributed by atoms with E-state index in [9.17, 15) is 4.79 Å². The number of aromatic nitrogens is 3. The van der Waals surface area contributed by atoms with Crippen LogP contribution < -0.4 is 5.32 Å². The summed E-state index contributed by atoms with van der Waals surface area (Å²) in [4.78, 5) is 16.8. The van der Waals surface area contributed by atoms with E-state index in [0.717, 1.165) is 10.6 Å². The second-order valence-corrected chi connectivity index (χ2v) is 5.60. The zero-order valence-electron chi connectivity index (χ0n) is 10.5. The molecule has 1 N–H and O–H groups in total. The minimum atomic E-state index is -0.153. The van der Waals surface area contributed by atoms with E-state index in [2.05, 4.69) is 20.5 Å². The first-order valence-electron chi connectivity index (χ1n) is 5.77. The zero-order chi connectivity index (χ0) is 13.9. The molecule has 20 heavy (non-hydrogen) atoms. The number of thiophene rings is 1. The molecule has 0 fully saturated rings. The fraction of sp³-hybridized carbons (Fsp3) is 0.167. The van der Waals surface area contributed by atoms with E-state index >= 15 is 0 Å². The van der Waals surface area contributed by atoms with Crippen LogP contribution in [0.5, 0.6) is 0 Å². The summed E-state index contributed by atoms with van der Waals surface area (Å²) in [5, 5.41) is 14.3. The minimum absolute atomic E-state index is 0.153. The Morgan fingerprint density at radius 2 is 2.35 bits per heavy atom. The van der Waals surface area contributed by atoms with Gasteiger partial charge in [0, 0.05) is 10.9 Å². The van der Waals surface area contributed by atoms with E-state index in [-0.39, 0.29) is 12.5 Å². The maximum Gasteiger partial charge on any atom is 0.259 e. The molecule has 3 rings (SSSR count). The molecule has 8 heteroatoms. The number of thiazole rings is 1. The first kappa shape index (κ1) is 12.9. The second kappa shape index (κ2) is 5.51. The fourth-order valence-corrected chi connectivity index (χ4v) is 2.93. The Morgan fingerprint density at radius 1 is 1.45 bits per heavy atom. The van der Waals surface area contributed by atoms with Crippen LogP contribution in [0.1, 0.15) is 21.9 Å². The van der Waals surface area contributed by atoms with Crippen LogP contribution in [-0.2, 0) is 6.54 Å². The molecule has 0 atom stereocenters. The Hall–Kier alpha value is -2.06. The molecule has 0 unspecified atom stereocenters. The normalized spacial score (nSPS) is 10.7. The van der Waals surface area contributed by atoms with Gasteiger partial charge < -0.3 is 9.73 Å². The van der Waals surface area contributed by atoms with Crippen molar-refractivity contribution in [2.75, 3.05) is 0 Å². The van der Waals surface area contributed by atoms with Gasteiger partial charge in [-0.15, -0.1) is 21.5 Å². The summed E-state index contributed by atoms with van der Waals surface area (Å²) in [5.74, 6) is 0.654. The molecule has 0 aliphatic heterocycles. The minimum Gasteiger partial charge on any atom is -0.418 e. The van der Waals surface area contributed by atoms with Gasteiger partial charge in [0.25, 0.3) is 11.8 Å². The quantitative estimate of drug-likeness (QED) is 0.801. The lowest BCUT2D eigenvalue weighted by atomic mass is 10.3. The van der Waals surface area contributed by atoms with Gasteiger partial charge >= 0.3 is 0 Å². The highest BCUT2D eigenvalue weighted by atomic mass is 32.1. The first-order chi connectivity index (χ1) is 9.74. The van der Waals surface area contributed by atoms with Crippen LogP contribution in [0.15, 0.2) is 26.8 Å². The van der Waals surface area contributed by atoms with Crippen molar-refractivity contribution in [1.82, 2.24) is 20.5 Å². The molecule has 0 bridgehead atoms. The average molecular weight is 306 g/mol. The number of hydrogen-bond donors (Lipinski definition) is 1. The third-order valence-corrected chi connectivity index (χ3v) is 4.19. The molecule has 3 aromatic rings. The molecule has 0 radical (unpaired) electrons. The van der Waals surface area contributed by atoms with Gasteiger partial charge in [-0.05, 0) is 18.4 Å². The Kier molecular flexibility index (Phi) is 3.57. The van der Waals surface area contributed by atoms with Crippen molar-refractivity contribution in [3.8, 4) is 10.8 Å². The van der Waals surface area contributed by atoms with Crippen molar-refractivity contribution in [1.29, 1.82) is 0 Å². The number of hydrogen-bond acceptors (Lipinski definition) is 7. The van der Waals surface area contributed by atoms with E-state index in [0.29, 0.717) is 17.3 Å². The number of carbonyl (C=O) groups excluding carboxylic acids is 1. The predicted molar refractivity (Wildman–Crippen MR) is 75.6 cm³/mol. The number of aryl methyl sites for hydroxylation is 1. The Labute approximate surface area is 122 Å². The van der Waals surface area contributed by atoms with Crippen LogP contribution >= 0.6 is 22.7 Å². The van der Waals surface area contributed by atoms with Crippen molar-refractivity contribution in [3.05, 3.63) is 39.5 Å². The Balaban J connectivity index is 1.66. The lowest BCUT2D eigenvalue weighted by Crippen LogP contribution is -2.22. The van der Waals surface area contributed by atoms with Crippen molar-refractivity contribution in [2.45, 2.75) is 13.5 Å². The Morgan fingerprint density at radius 3 is 3.05 bits per heavy atom. The first-order valence-corrected chi connectivity index (χ1v) is 7.59. The highest BCUT2D eigenvalue weighted by Gasteiger charge is 2.14. The fourth-order valence-electron chi connectivity index (χ4n) is 1.58. The number of amides is 1. The molecule has 3 heterocycles. The van der Waals surface area contributed by atoms with Gasteiger partial charge in [-0.1, -0.05) is 0 Å². The van der Waals surface area contributed by atoms with Crippen LogP contribution in [-0.4, -0.2) is 21.1 Å². The molecule has 0 aliphatic carbocycles. The number of nitrogens with one attached hydrogen (secondary N) is 1. The van der Waals surface area contributed by atoms with Crippen LogP contribution in [0.2, 0.25) is 0 Å². The summed E-state index contributed by atoms with van der Waals surface area (Å²) < 4.78 is 5.51. The molecular formula is C12H10N4O2S2. The summed E-state index contributed by atoms with van der Waals surface area (Å²) >= 11 is 2.92. The van der Waals surface area contributed by atoms with Crippen LogP contribution in [0.25, 0.3) is 10.8 Å². The number of carbonyl (C=O) groups is 1. The largest absolute Gasteiger partial charge is 0.418 e. The van der Waals surface area contributed by atoms with Gasteiger partial charge in [0.1, 0.15) is 4.88 Å². The molecule has 0 saturated heterocycles. The lowest BCUT2D eigenvalue weighted by molar-refractivity contribution is 0.0948. The summed E-state index contributed by atoms with van der Waals surface area (Å²) in [6.07, 6.45) is 0. The molecule has 0 aliphatic rings. The van der Waals surface area contributed by atoms with Crippen molar-refractivity contribution in [2.24, 2.45) is 0 Å². The predicted octanol–water partition coefficient (Wildman–Crippen LogP) is 2.49. The summed E-state index contributed by atoms with van der Waals surface area (Å²) in [6, 6.07) is 1.76.